The fraction of sp³-hybridized carbons (Fsp3) is 0.600. The minimum absolute atomic E-state index is 0.385. The van der Waals surface area contributed by atoms with Crippen molar-refractivity contribution < 1.29 is 0 Å². The Morgan fingerprint density at radius 3 is 2.53 bits per heavy atom. The summed E-state index contributed by atoms with van der Waals surface area (Å²) in [4.78, 5) is 0. The Labute approximate surface area is 113 Å². The maximum absolute atomic E-state index is 3.61. The SMILES string of the molecule is CCCNCC1(c2ccc(Br)cc2)CCC1C. The maximum atomic E-state index is 3.61. The van der Waals surface area contributed by atoms with Gasteiger partial charge in [-0.1, -0.05) is 41.9 Å². The molecule has 0 aromatic heterocycles. The molecular formula is C15H22BrN. The monoisotopic (exact) mass is 295 g/mol. The van der Waals surface area contributed by atoms with Crippen molar-refractivity contribution >= 4 is 15.9 Å². The van der Waals surface area contributed by atoms with Gasteiger partial charge in [0.2, 0.25) is 0 Å². The van der Waals surface area contributed by atoms with Crippen LogP contribution < -0.4 is 5.32 Å². The first kappa shape index (κ1) is 13.1. The van der Waals surface area contributed by atoms with Crippen molar-refractivity contribution in [2.45, 2.75) is 38.5 Å². The Morgan fingerprint density at radius 1 is 1.35 bits per heavy atom. The normalized spacial score (nSPS) is 27.8. The van der Waals surface area contributed by atoms with Crippen molar-refractivity contribution in [1.29, 1.82) is 0 Å². The molecule has 1 saturated carbocycles. The molecule has 0 saturated heterocycles. The summed E-state index contributed by atoms with van der Waals surface area (Å²) in [6, 6.07) is 8.91. The van der Waals surface area contributed by atoms with Crippen LogP contribution in [0, 0.1) is 5.92 Å². The number of halogens is 1. The third kappa shape index (κ3) is 2.58. The highest BCUT2D eigenvalue weighted by Crippen LogP contribution is 2.48. The predicted octanol–water partition coefficient (Wildman–Crippen LogP) is 4.12. The number of benzene rings is 1. The summed E-state index contributed by atoms with van der Waals surface area (Å²) in [6.45, 7) is 6.87. The molecule has 0 aliphatic heterocycles. The zero-order valence-corrected chi connectivity index (χ0v) is 12.4. The minimum Gasteiger partial charge on any atom is -0.316 e. The number of hydrogen-bond acceptors (Lipinski definition) is 1. The third-order valence-corrected chi connectivity index (χ3v) is 4.78. The molecule has 1 nitrogen and oxygen atoms in total. The average molecular weight is 296 g/mol. The third-order valence-electron chi connectivity index (χ3n) is 4.25. The number of nitrogens with one attached hydrogen (secondary N) is 1. The molecule has 1 N–H and O–H groups in total. The van der Waals surface area contributed by atoms with Crippen LogP contribution in [-0.4, -0.2) is 13.1 Å². The van der Waals surface area contributed by atoms with E-state index in [0.29, 0.717) is 5.41 Å². The van der Waals surface area contributed by atoms with E-state index in [-0.39, 0.29) is 0 Å². The summed E-state index contributed by atoms with van der Waals surface area (Å²) in [5, 5.41) is 3.61. The van der Waals surface area contributed by atoms with E-state index >= 15 is 0 Å². The van der Waals surface area contributed by atoms with Gasteiger partial charge in [-0.2, -0.15) is 0 Å². The van der Waals surface area contributed by atoms with Crippen LogP contribution in [0.25, 0.3) is 0 Å². The zero-order chi connectivity index (χ0) is 12.3. The van der Waals surface area contributed by atoms with Crippen LogP contribution in [0.2, 0.25) is 0 Å². The van der Waals surface area contributed by atoms with Gasteiger partial charge in [0.05, 0.1) is 0 Å². The summed E-state index contributed by atoms with van der Waals surface area (Å²) in [6.07, 6.45) is 3.90. The van der Waals surface area contributed by atoms with Gasteiger partial charge in [0, 0.05) is 16.4 Å². The lowest BCUT2D eigenvalue weighted by Crippen LogP contribution is -2.50. The van der Waals surface area contributed by atoms with E-state index in [0.717, 1.165) is 19.0 Å². The molecule has 0 spiro atoms. The van der Waals surface area contributed by atoms with E-state index in [4.69, 9.17) is 0 Å². The largest absolute Gasteiger partial charge is 0.316 e. The minimum atomic E-state index is 0.385. The molecule has 0 bridgehead atoms. The predicted molar refractivity (Wildman–Crippen MR) is 77.4 cm³/mol. The topological polar surface area (TPSA) is 12.0 Å². The molecule has 0 heterocycles. The molecular weight excluding hydrogens is 274 g/mol. The van der Waals surface area contributed by atoms with E-state index in [1.165, 1.54) is 29.3 Å². The standard InChI is InChI=1S/C15H22BrN/c1-3-10-17-11-15(9-8-12(15)2)13-4-6-14(16)7-5-13/h4-7,12,17H,3,8-11H2,1-2H3. The van der Waals surface area contributed by atoms with Crippen molar-refractivity contribution in [3.05, 3.63) is 34.3 Å². The fourth-order valence-corrected chi connectivity index (χ4v) is 3.11. The van der Waals surface area contributed by atoms with Gasteiger partial charge in [-0.3, -0.25) is 0 Å². The molecule has 1 aliphatic carbocycles. The van der Waals surface area contributed by atoms with Gasteiger partial charge in [0.1, 0.15) is 0 Å². The van der Waals surface area contributed by atoms with Gasteiger partial charge in [0.25, 0.3) is 0 Å². The lowest BCUT2D eigenvalue weighted by Gasteiger charge is -2.49. The lowest BCUT2D eigenvalue weighted by molar-refractivity contribution is 0.134. The molecule has 1 fully saturated rings. The van der Waals surface area contributed by atoms with Crippen LogP contribution >= 0.6 is 15.9 Å². The van der Waals surface area contributed by atoms with Gasteiger partial charge in [-0.05, 0) is 49.4 Å². The Kier molecular flexibility index (Phi) is 4.26. The van der Waals surface area contributed by atoms with Gasteiger partial charge < -0.3 is 5.32 Å². The molecule has 17 heavy (non-hydrogen) atoms. The van der Waals surface area contributed by atoms with Crippen molar-refractivity contribution in [2.24, 2.45) is 5.92 Å². The summed E-state index contributed by atoms with van der Waals surface area (Å²) in [5.41, 5.74) is 1.89. The van der Waals surface area contributed by atoms with Crippen LogP contribution in [0.1, 0.15) is 38.7 Å². The van der Waals surface area contributed by atoms with E-state index in [1.54, 1.807) is 0 Å². The van der Waals surface area contributed by atoms with Gasteiger partial charge in [-0.15, -0.1) is 0 Å². The molecule has 0 amide bonds. The van der Waals surface area contributed by atoms with Crippen LogP contribution in [0.15, 0.2) is 28.7 Å². The highest BCUT2D eigenvalue weighted by atomic mass is 79.9. The second kappa shape index (κ2) is 5.53. The molecule has 1 aliphatic rings. The van der Waals surface area contributed by atoms with Gasteiger partial charge in [-0.25, -0.2) is 0 Å². The molecule has 1 aromatic carbocycles. The van der Waals surface area contributed by atoms with Crippen molar-refractivity contribution in [2.75, 3.05) is 13.1 Å². The fourth-order valence-electron chi connectivity index (χ4n) is 2.85. The van der Waals surface area contributed by atoms with Crippen LogP contribution in [0.3, 0.4) is 0 Å². The van der Waals surface area contributed by atoms with Gasteiger partial charge >= 0.3 is 0 Å². The lowest BCUT2D eigenvalue weighted by atomic mass is 9.57. The van der Waals surface area contributed by atoms with Crippen molar-refractivity contribution in [1.82, 2.24) is 5.32 Å². The Hall–Kier alpha value is -0.340. The molecule has 2 unspecified atom stereocenters. The number of rotatable bonds is 5. The highest BCUT2D eigenvalue weighted by molar-refractivity contribution is 9.10. The molecule has 2 rings (SSSR count). The quantitative estimate of drug-likeness (QED) is 0.806. The average Bonchev–Trinajstić information content (AvgIpc) is 2.34. The van der Waals surface area contributed by atoms with E-state index < -0.39 is 0 Å². The highest BCUT2D eigenvalue weighted by Gasteiger charge is 2.44. The summed E-state index contributed by atoms with van der Waals surface area (Å²) in [5.74, 6) is 0.799. The second-order valence-electron chi connectivity index (χ2n) is 5.28. The molecule has 2 heteroatoms. The Bertz CT molecular complexity index is 360. The molecule has 1 aromatic rings. The smallest absolute Gasteiger partial charge is 0.0175 e. The van der Waals surface area contributed by atoms with E-state index in [1.807, 2.05) is 0 Å². The number of hydrogen-bond donors (Lipinski definition) is 1. The second-order valence-corrected chi connectivity index (χ2v) is 6.20. The van der Waals surface area contributed by atoms with Crippen LogP contribution in [0.5, 0.6) is 0 Å². The zero-order valence-electron chi connectivity index (χ0n) is 10.8. The first-order valence-electron chi connectivity index (χ1n) is 6.66. The molecule has 0 radical (unpaired) electrons. The Balaban J connectivity index is 2.14. The first-order valence-corrected chi connectivity index (χ1v) is 7.45. The van der Waals surface area contributed by atoms with Gasteiger partial charge in [0.15, 0.2) is 0 Å². The summed E-state index contributed by atoms with van der Waals surface area (Å²) < 4.78 is 1.17. The van der Waals surface area contributed by atoms with E-state index in [2.05, 4.69) is 59.4 Å². The van der Waals surface area contributed by atoms with Crippen LogP contribution in [0.4, 0.5) is 0 Å². The van der Waals surface area contributed by atoms with Crippen molar-refractivity contribution in [3.63, 3.8) is 0 Å². The van der Waals surface area contributed by atoms with Crippen molar-refractivity contribution in [3.8, 4) is 0 Å². The van der Waals surface area contributed by atoms with E-state index in [9.17, 15) is 0 Å². The van der Waals surface area contributed by atoms with Crippen LogP contribution in [-0.2, 0) is 5.41 Å². The maximum Gasteiger partial charge on any atom is 0.0175 e. The first-order chi connectivity index (χ1) is 8.19. The molecule has 2 atom stereocenters. The summed E-state index contributed by atoms with van der Waals surface area (Å²) in [7, 11) is 0. The molecule has 94 valence electrons. The summed E-state index contributed by atoms with van der Waals surface area (Å²) >= 11 is 3.52. The Morgan fingerprint density at radius 2 is 2.06 bits per heavy atom.